The number of rotatable bonds is 5. The molecule has 26 heavy (non-hydrogen) atoms. The van der Waals surface area contributed by atoms with Crippen LogP contribution < -0.4 is 11.1 Å². The normalized spacial score (nSPS) is 15.1. The van der Waals surface area contributed by atoms with Crippen LogP contribution >= 0.6 is 11.6 Å². The van der Waals surface area contributed by atoms with E-state index < -0.39 is 21.8 Å². The number of nitrogens with one attached hydrogen (secondary N) is 1. The minimum absolute atomic E-state index is 0.0567. The molecule has 2 aromatic rings. The van der Waals surface area contributed by atoms with Crippen molar-refractivity contribution in [1.82, 2.24) is 4.31 Å². The van der Waals surface area contributed by atoms with Crippen LogP contribution in [0.5, 0.6) is 0 Å². The number of benzene rings is 1. The number of carbonyl (C=O) groups excluding carboxylic acids is 2. The number of hydrogen-bond donors (Lipinski definition) is 2. The van der Waals surface area contributed by atoms with Crippen molar-refractivity contribution in [2.24, 2.45) is 5.73 Å². The van der Waals surface area contributed by atoms with E-state index in [9.17, 15) is 18.0 Å². The second-order valence-electron chi connectivity index (χ2n) is 5.74. The Morgan fingerprint density at radius 1 is 1.15 bits per heavy atom. The van der Waals surface area contributed by atoms with Crippen LogP contribution in [0.25, 0.3) is 0 Å². The van der Waals surface area contributed by atoms with Crippen molar-refractivity contribution in [3.63, 3.8) is 0 Å². The first-order valence-electron chi connectivity index (χ1n) is 7.80. The third-order valence-electron chi connectivity index (χ3n) is 3.95. The topological polar surface area (TPSA) is 123 Å². The molecule has 0 radical (unpaired) electrons. The Bertz CT molecular complexity index is 964. The maximum atomic E-state index is 12.4. The van der Waals surface area contributed by atoms with Gasteiger partial charge in [-0.2, -0.15) is 4.31 Å². The third kappa shape index (κ3) is 3.59. The summed E-state index contributed by atoms with van der Waals surface area (Å²) in [6, 6.07) is 6.76. The highest BCUT2D eigenvalue weighted by Gasteiger charge is 2.30. The molecule has 1 aliphatic heterocycles. The standard InChI is InChI=1S/C16H16ClN3O5S/c17-12-4-3-10(9-11(12)15(18)21)19-16(22)13-5-6-14(25-13)26(23,24)20-7-1-2-8-20/h3-6,9H,1-2,7-8H2,(H2,18,21)(H,19,22). The number of sulfonamides is 1. The summed E-state index contributed by atoms with van der Waals surface area (Å²) in [5, 5.41) is 2.39. The Hall–Kier alpha value is -2.36. The summed E-state index contributed by atoms with van der Waals surface area (Å²) in [5.74, 6) is -1.56. The predicted molar refractivity (Wildman–Crippen MR) is 94.6 cm³/mol. The van der Waals surface area contributed by atoms with Crippen molar-refractivity contribution in [3.05, 3.63) is 46.7 Å². The molecule has 0 bridgehead atoms. The van der Waals surface area contributed by atoms with Gasteiger partial charge in [-0.15, -0.1) is 0 Å². The van der Waals surface area contributed by atoms with E-state index in [0.29, 0.717) is 13.1 Å². The van der Waals surface area contributed by atoms with Gasteiger partial charge in [0.25, 0.3) is 15.9 Å². The molecule has 3 rings (SSSR count). The molecule has 0 spiro atoms. The number of halogens is 1. The number of amides is 2. The quantitative estimate of drug-likeness (QED) is 0.799. The molecule has 0 atom stereocenters. The first kappa shape index (κ1) is 18.4. The zero-order valence-electron chi connectivity index (χ0n) is 13.6. The molecule has 1 aliphatic rings. The molecule has 1 saturated heterocycles. The van der Waals surface area contributed by atoms with Gasteiger partial charge >= 0.3 is 0 Å². The molecule has 1 aromatic carbocycles. The van der Waals surface area contributed by atoms with Crippen LogP contribution in [0.15, 0.2) is 39.8 Å². The van der Waals surface area contributed by atoms with Crippen LogP contribution in [0.4, 0.5) is 5.69 Å². The Kier molecular flexibility index (Phi) is 5.03. The monoisotopic (exact) mass is 397 g/mol. The second kappa shape index (κ2) is 7.10. The van der Waals surface area contributed by atoms with E-state index in [1.165, 1.54) is 34.6 Å². The van der Waals surface area contributed by atoms with Gasteiger partial charge in [0.15, 0.2) is 5.76 Å². The van der Waals surface area contributed by atoms with Gasteiger partial charge in [-0.25, -0.2) is 8.42 Å². The van der Waals surface area contributed by atoms with Crippen molar-refractivity contribution in [3.8, 4) is 0 Å². The zero-order valence-corrected chi connectivity index (χ0v) is 15.1. The molecule has 8 nitrogen and oxygen atoms in total. The molecule has 1 fully saturated rings. The van der Waals surface area contributed by atoms with Gasteiger partial charge < -0.3 is 15.5 Å². The van der Waals surface area contributed by atoms with E-state index in [4.69, 9.17) is 21.8 Å². The van der Waals surface area contributed by atoms with Gasteiger partial charge in [-0.1, -0.05) is 11.6 Å². The summed E-state index contributed by atoms with van der Waals surface area (Å²) in [4.78, 5) is 23.6. The fourth-order valence-electron chi connectivity index (χ4n) is 2.62. The van der Waals surface area contributed by atoms with E-state index in [2.05, 4.69) is 5.32 Å². The number of hydrogen-bond acceptors (Lipinski definition) is 5. The molecule has 0 aliphatic carbocycles. The first-order valence-corrected chi connectivity index (χ1v) is 9.61. The molecule has 138 valence electrons. The van der Waals surface area contributed by atoms with E-state index >= 15 is 0 Å². The molecule has 10 heteroatoms. The molecule has 2 heterocycles. The summed E-state index contributed by atoms with van der Waals surface area (Å²) in [6.07, 6.45) is 1.60. The van der Waals surface area contributed by atoms with E-state index in [0.717, 1.165) is 12.8 Å². The van der Waals surface area contributed by atoms with Crippen molar-refractivity contribution in [2.75, 3.05) is 18.4 Å². The Balaban J connectivity index is 1.78. The molecule has 0 saturated carbocycles. The number of furan rings is 1. The average Bonchev–Trinajstić information content (AvgIpc) is 3.28. The van der Waals surface area contributed by atoms with Gasteiger partial charge in [-0.05, 0) is 43.2 Å². The number of carbonyl (C=O) groups is 2. The highest BCUT2D eigenvalue weighted by Crippen LogP contribution is 2.24. The van der Waals surface area contributed by atoms with Crippen molar-refractivity contribution < 1.29 is 22.4 Å². The van der Waals surface area contributed by atoms with Gasteiger partial charge in [0.1, 0.15) is 0 Å². The zero-order chi connectivity index (χ0) is 18.9. The Labute approximate surface area is 155 Å². The van der Waals surface area contributed by atoms with Gasteiger partial charge in [0.2, 0.25) is 11.0 Å². The fraction of sp³-hybridized carbons (Fsp3) is 0.250. The minimum Gasteiger partial charge on any atom is -0.438 e. The summed E-state index contributed by atoms with van der Waals surface area (Å²) in [6.45, 7) is 0.871. The smallest absolute Gasteiger partial charge is 0.291 e. The Morgan fingerprint density at radius 2 is 1.85 bits per heavy atom. The van der Waals surface area contributed by atoms with Crippen molar-refractivity contribution >= 4 is 39.1 Å². The van der Waals surface area contributed by atoms with Gasteiger partial charge in [0.05, 0.1) is 10.6 Å². The van der Waals surface area contributed by atoms with Crippen LogP contribution in [-0.4, -0.2) is 37.6 Å². The van der Waals surface area contributed by atoms with Crippen LogP contribution in [-0.2, 0) is 10.0 Å². The molecular formula is C16H16ClN3O5S. The maximum absolute atomic E-state index is 12.4. The lowest BCUT2D eigenvalue weighted by molar-refractivity contribution is 0.0985. The van der Waals surface area contributed by atoms with E-state index in [1.807, 2.05) is 0 Å². The lowest BCUT2D eigenvalue weighted by atomic mass is 10.2. The molecule has 3 N–H and O–H groups in total. The summed E-state index contributed by atoms with van der Waals surface area (Å²) < 4.78 is 31.4. The summed E-state index contributed by atoms with van der Waals surface area (Å²) in [7, 11) is -3.74. The van der Waals surface area contributed by atoms with E-state index in [-0.39, 0.29) is 27.1 Å². The molecule has 0 unspecified atom stereocenters. The molecule has 2 amide bonds. The summed E-state index contributed by atoms with van der Waals surface area (Å²) >= 11 is 5.86. The number of nitrogens with two attached hydrogens (primary N) is 1. The second-order valence-corrected chi connectivity index (χ2v) is 8.02. The van der Waals surface area contributed by atoms with Crippen molar-refractivity contribution in [1.29, 1.82) is 0 Å². The maximum Gasteiger partial charge on any atom is 0.291 e. The van der Waals surface area contributed by atoms with Crippen LogP contribution in [0, 0.1) is 0 Å². The third-order valence-corrected chi connectivity index (χ3v) is 6.06. The average molecular weight is 398 g/mol. The highest BCUT2D eigenvalue weighted by molar-refractivity contribution is 7.89. The molecule has 1 aromatic heterocycles. The Morgan fingerprint density at radius 3 is 2.50 bits per heavy atom. The van der Waals surface area contributed by atoms with Gasteiger partial charge in [0, 0.05) is 18.8 Å². The van der Waals surface area contributed by atoms with Crippen LogP contribution in [0.1, 0.15) is 33.8 Å². The van der Waals surface area contributed by atoms with Crippen LogP contribution in [0.3, 0.4) is 0 Å². The lowest BCUT2D eigenvalue weighted by Gasteiger charge is -2.12. The SMILES string of the molecule is NC(=O)c1cc(NC(=O)c2ccc(S(=O)(=O)N3CCCC3)o2)ccc1Cl. The largest absolute Gasteiger partial charge is 0.438 e. The highest BCUT2D eigenvalue weighted by atomic mass is 35.5. The minimum atomic E-state index is -3.74. The van der Waals surface area contributed by atoms with Crippen LogP contribution in [0.2, 0.25) is 5.02 Å². The number of primary amides is 1. The molecular weight excluding hydrogens is 382 g/mol. The van der Waals surface area contributed by atoms with Gasteiger partial charge in [-0.3, -0.25) is 9.59 Å². The number of anilines is 1. The predicted octanol–water partition coefficient (Wildman–Crippen LogP) is 2.07. The summed E-state index contributed by atoms with van der Waals surface area (Å²) in [5.41, 5.74) is 5.54. The fourth-order valence-corrected chi connectivity index (χ4v) is 4.26. The van der Waals surface area contributed by atoms with Crippen molar-refractivity contribution in [2.45, 2.75) is 17.9 Å². The number of nitrogens with zero attached hydrogens (tertiary/aromatic N) is 1. The lowest BCUT2D eigenvalue weighted by Crippen LogP contribution is -2.27. The first-order chi connectivity index (χ1) is 12.3. The van der Waals surface area contributed by atoms with E-state index in [1.54, 1.807) is 0 Å².